The smallest absolute Gasteiger partial charge is 0.257 e. The Bertz CT molecular complexity index is 1310. The molecule has 0 atom stereocenters. The Kier molecular flexibility index (Phi) is 6.90. The Balaban J connectivity index is 1.51. The highest BCUT2D eigenvalue weighted by molar-refractivity contribution is 9.10. The zero-order valence-electron chi connectivity index (χ0n) is 17.9. The molecule has 0 aliphatic heterocycles. The molecular weight excluding hydrogens is 504 g/mol. The van der Waals surface area contributed by atoms with Crippen LogP contribution >= 0.6 is 28.1 Å². The fraction of sp³-hybridized carbons (Fsp3) is 0.125. The molecule has 4 aromatic rings. The highest BCUT2D eigenvalue weighted by Crippen LogP contribution is 2.30. The van der Waals surface area contributed by atoms with E-state index in [0.717, 1.165) is 22.4 Å². The van der Waals surface area contributed by atoms with Gasteiger partial charge >= 0.3 is 0 Å². The lowest BCUT2D eigenvalue weighted by Gasteiger charge is -2.14. The number of aromatic amines is 1. The molecule has 7 nitrogen and oxygen atoms in total. The second-order valence-corrected chi connectivity index (χ2v) is 8.27. The molecule has 0 spiro atoms. The quantitative estimate of drug-likeness (QED) is 0.287. The van der Waals surface area contributed by atoms with Gasteiger partial charge in [0.2, 0.25) is 0 Å². The molecule has 168 valence electrons. The van der Waals surface area contributed by atoms with Crippen molar-refractivity contribution in [3.63, 3.8) is 0 Å². The third kappa shape index (κ3) is 5.15. The molecule has 9 heteroatoms. The van der Waals surface area contributed by atoms with E-state index >= 15 is 0 Å². The third-order valence-corrected chi connectivity index (χ3v) is 5.66. The van der Waals surface area contributed by atoms with Crippen molar-refractivity contribution in [2.75, 3.05) is 19.0 Å². The van der Waals surface area contributed by atoms with Gasteiger partial charge in [-0.2, -0.15) is 0 Å². The van der Waals surface area contributed by atoms with Crippen LogP contribution in [0.4, 0.5) is 5.69 Å². The summed E-state index contributed by atoms with van der Waals surface area (Å²) >= 11 is 8.79. The van der Waals surface area contributed by atoms with Gasteiger partial charge in [0, 0.05) is 11.1 Å². The van der Waals surface area contributed by atoms with Crippen LogP contribution in [0, 0.1) is 0 Å². The molecule has 33 heavy (non-hydrogen) atoms. The lowest BCUT2D eigenvalue weighted by molar-refractivity contribution is 0.0977. The second-order valence-electron chi connectivity index (χ2n) is 7.00. The van der Waals surface area contributed by atoms with Crippen molar-refractivity contribution in [3.05, 3.63) is 70.7 Å². The molecule has 3 aromatic carbocycles. The van der Waals surface area contributed by atoms with Gasteiger partial charge in [0.25, 0.3) is 5.91 Å². The highest BCUT2D eigenvalue weighted by Gasteiger charge is 2.14. The average Bonchev–Trinajstić information content (AvgIpc) is 3.24. The number of hydrogen-bond donors (Lipinski definition) is 3. The highest BCUT2D eigenvalue weighted by atomic mass is 79.9. The van der Waals surface area contributed by atoms with Gasteiger partial charge in [0.1, 0.15) is 17.3 Å². The number of methoxy groups -OCH3 is 1. The SMILES string of the molecule is CCOc1ccc(C(=O)NC(=S)Nc2cc(-c3nc4ccccc4[nH]3)ccc2OC)cc1Br. The summed E-state index contributed by atoms with van der Waals surface area (Å²) in [6.07, 6.45) is 0. The van der Waals surface area contributed by atoms with Crippen molar-refractivity contribution in [2.45, 2.75) is 6.92 Å². The second kappa shape index (κ2) is 10.0. The first-order valence-electron chi connectivity index (χ1n) is 10.2. The monoisotopic (exact) mass is 524 g/mol. The minimum absolute atomic E-state index is 0.144. The number of imidazole rings is 1. The lowest BCUT2D eigenvalue weighted by Crippen LogP contribution is -2.34. The molecule has 1 heterocycles. The molecule has 0 saturated heterocycles. The summed E-state index contributed by atoms with van der Waals surface area (Å²) in [7, 11) is 1.57. The first-order valence-corrected chi connectivity index (χ1v) is 11.4. The lowest BCUT2D eigenvalue weighted by atomic mass is 10.1. The van der Waals surface area contributed by atoms with Crippen molar-refractivity contribution in [2.24, 2.45) is 0 Å². The Labute approximate surface area is 204 Å². The molecule has 0 aliphatic carbocycles. The van der Waals surface area contributed by atoms with Gasteiger partial charge in [0.15, 0.2) is 5.11 Å². The number of ether oxygens (including phenoxy) is 2. The molecule has 0 radical (unpaired) electrons. The van der Waals surface area contributed by atoms with Crippen LogP contribution < -0.4 is 20.1 Å². The van der Waals surface area contributed by atoms with Crippen molar-refractivity contribution < 1.29 is 14.3 Å². The van der Waals surface area contributed by atoms with Gasteiger partial charge in [0.05, 0.1) is 34.9 Å². The number of nitrogens with zero attached hydrogens (tertiary/aromatic N) is 1. The number of thiocarbonyl (C=S) groups is 1. The molecule has 0 fully saturated rings. The average molecular weight is 525 g/mol. The van der Waals surface area contributed by atoms with E-state index in [-0.39, 0.29) is 11.0 Å². The van der Waals surface area contributed by atoms with Gasteiger partial charge in [-0.25, -0.2) is 4.98 Å². The van der Waals surface area contributed by atoms with Gasteiger partial charge in [-0.15, -0.1) is 0 Å². The van der Waals surface area contributed by atoms with Gasteiger partial charge in [-0.05, 0) is 83.6 Å². The molecule has 0 saturated carbocycles. The van der Waals surface area contributed by atoms with Gasteiger partial charge in [-0.3, -0.25) is 10.1 Å². The van der Waals surface area contributed by atoms with Gasteiger partial charge in [-0.1, -0.05) is 12.1 Å². The molecule has 1 aromatic heterocycles. The minimum Gasteiger partial charge on any atom is -0.495 e. The Morgan fingerprint density at radius 2 is 1.91 bits per heavy atom. The summed E-state index contributed by atoms with van der Waals surface area (Å²) in [5, 5.41) is 5.89. The Hall–Kier alpha value is -3.43. The normalized spacial score (nSPS) is 10.6. The number of carbonyl (C=O) groups excluding carboxylic acids is 1. The fourth-order valence-electron chi connectivity index (χ4n) is 3.29. The van der Waals surface area contributed by atoms with E-state index in [1.165, 1.54) is 0 Å². The zero-order chi connectivity index (χ0) is 23.4. The van der Waals surface area contributed by atoms with Crippen molar-refractivity contribution in [3.8, 4) is 22.9 Å². The van der Waals surface area contributed by atoms with E-state index in [0.29, 0.717) is 33.8 Å². The number of amides is 1. The number of fused-ring (bicyclic) bond motifs is 1. The minimum atomic E-state index is -0.344. The molecule has 4 rings (SSSR count). The molecular formula is C24H21BrN4O3S. The van der Waals surface area contributed by atoms with Crippen LogP contribution in [0.15, 0.2) is 65.1 Å². The predicted octanol–water partition coefficient (Wildman–Crippen LogP) is 5.53. The van der Waals surface area contributed by atoms with E-state index < -0.39 is 0 Å². The van der Waals surface area contributed by atoms with E-state index in [1.54, 1.807) is 25.3 Å². The van der Waals surface area contributed by atoms with Crippen molar-refractivity contribution >= 4 is 55.9 Å². The number of hydrogen-bond acceptors (Lipinski definition) is 5. The zero-order valence-corrected chi connectivity index (χ0v) is 20.3. The first kappa shape index (κ1) is 22.8. The van der Waals surface area contributed by atoms with Crippen LogP contribution in [0.2, 0.25) is 0 Å². The first-order chi connectivity index (χ1) is 16.0. The largest absolute Gasteiger partial charge is 0.495 e. The molecule has 1 amide bonds. The maximum Gasteiger partial charge on any atom is 0.257 e. The van der Waals surface area contributed by atoms with Crippen LogP contribution in [0.5, 0.6) is 11.5 Å². The topological polar surface area (TPSA) is 88.3 Å². The maximum absolute atomic E-state index is 12.7. The van der Waals surface area contributed by atoms with Crippen LogP contribution in [0.3, 0.4) is 0 Å². The predicted molar refractivity (Wildman–Crippen MR) is 137 cm³/mol. The summed E-state index contributed by atoms with van der Waals surface area (Å²) in [5.74, 6) is 1.62. The number of para-hydroxylation sites is 2. The number of anilines is 1. The van der Waals surface area contributed by atoms with E-state index in [9.17, 15) is 4.79 Å². The van der Waals surface area contributed by atoms with E-state index in [1.807, 2.05) is 49.4 Å². The summed E-state index contributed by atoms with van der Waals surface area (Å²) < 4.78 is 11.6. The number of halogens is 1. The summed E-state index contributed by atoms with van der Waals surface area (Å²) in [4.78, 5) is 20.6. The third-order valence-electron chi connectivity index (χ3n) is 4.83. The number of carbonyl (C=O) groups is 1. The van der Waals surface area contributed by atoms with Crippen LogP contribution in [0.25, 0.3) is 22.4 Å². The number of aromatic nitrogens is 2. The number of benzene rings is 3. The number of nitrogens with one attached hydrogen (secondary N) is 3. The summed E-state index contributed by atoms with van der Waals surface area (Å²) in [6, 6.07) is 18.5. The van der Waals surface area contributed by atoms with Crippen molar-refractivity contribution in [1.29, 1.82) is 0 Å². The van der Waals surface area contributed by atoms with E-state index in [2.05, 4.69) is 36.5 Å². The Morgan fingerprint density at radius 1 is 1.12 bits per heavy atom. The van der Waals surface area contributed by atoms with Crippen LogP contribution in [-0.4, -0.2) is 34.7 Å². The summed E-state index contributed by atoms with van der Waals surface area (Å²) in [5.41, 5.74) is 3.72. The number of rotatable bonds is 6. The van der Waals surface area contributed by atoms with Gasteiger partial charge < -0.3 is 19.8 Å². The molecule has 3 N–H and O–H groups in total. The van der Waals surface area contributed by atoms with Crippen LogP contribution in [0.1, 0.15) is 17.3 Å². The molecule has 0 aliphatic rings. The standard InChI is InChI=1S/C24H21BrN4O3S/c1-3-32-20-10-9-15(12-16(20)25)23(30)29-24(33)28-19-13-14(8-11-21(19)31-2)22-26-17-6-4-5-7-18(17)27-22/h4-13H,3H2,1-2H3,(H,26,27)(H2,28,29,30,33). The van der Waals surface area contributed by atoms with Crippen LogP contribution in [-0.2, 0) is 0 Å². The molecule has 0 unspecified atom stereocenters. The molecule has 0 bridgehead atoms. The number of H-pyrrole nitrogens is 1. The van der Waals surface area contributed by atoms with Crippen molar-refractivity contribution in [1.82, 2.24) is 15.3 Å². The van der Waals surface area contributed by atoms with E-state index in [4.69, 9.17) is 21.7 Å². The summed E-state index contributed by atoms with van der Waals surface area (Å²) in [6.45, 7) is 2.43. The fourth-order valence-corrected chi connectivity index (χ4v) is 3.98. The maximum atomic E-state index is 12.7. The Morgan fingerprint density at radius 3 is 2.64 bits per heavy atom.